The zero-order valence-corrected chi connectivity index (χ0v) is 9.66. The van der Waals surface area contributed by atoms with Gasteiger partial charge in [0.15, 0.2) is 0 Å². The van der Waals surface area contributed by atoms with E-state index in [9.17, 15) is 0 Å². The van der Waals surface area contributed by atoms with Gasteiger partial charge in [-0.2, -0.15) is 5.10 Å². The van der Waals surface area contributed by atoms with Crippen LogP contribution in [0.5, 0.6) is 0 Å². The molecule has 0 radical (unpaired) electrons. The van der Waals surface area contributed by atoms with E-state index in [0.717, 1.165) is 0 Å². The van der Waals surface area contributed by atoms with Crippen LogP contribution in [0.4, 0.5) is 0 Å². The Morgan fingerprint density at radius 2 is 1.87 bits per heavy atom. The Bertz CT molecular complexity index is 393. The molecule has 1 rings (SSSR count). The highest BCUT2D eigenvalue weighted by Crippen LogP contribution is 2.30. The number of hydrogen-bond acceptors (Lipinski definition) is 2. The summed E-state index contributed by atoms with van der Waals surface area (Å²) in [6.45, 7) is 0. The molecule has 0 spiro atoms. The monoisotopic (exact) mass is 264 g/mol. The van der Waals surface area contributed by atoms with Crippen molar-refractivity contribution >= 4 is 47.0 Å². The van der Waals surface area contributed by atoms with Crippen LogP contribution in [0, 0.1) is 5.41 Å². The van der Waals surface area contributed by atoms with Gasteiger partial charge in [-0.3, -0.25) is 5.41 Å². The zero-order chi connectivity index (χ0) is 11.4. The first-order valence-electron chi connectivity index (χ1n) is 3.78. The average Bonchev–Trinajstić information content (AvgIpc) is 2.13. The van der Waals surface area contributed by atoms with Crippen LogP contribution in [0.1, 0.15) is 5.56 Å². The maximum atomic E-state index is 6.86. The smallest absolute Gasteiger partial charge is 0.206 e. The molecule has 0 heterocycles. The van der Waals surface area contributed by atoms with Gasteiger partial charge in [-0.05, 0) is 17.7 Å². The fourth-order valence-electron chi connectivity index (χ4n) is 0.826. The Morgan fingerprint density at radius 3 is 2.33 bits per heavy atom. The molecule has 0 saturated heterocycles. The average molecular weight is 266 g/mol. The Labute approximate surface area is 102 Å². The lowest BCUT2D eigenvalue weighted by Crippen LogP contribution is -2.25. The number of guanidine groups is 1. The first-order valence-corrected chi connectivity index (χ1v) is 4.91. The number of nitrogens with one attached hydrogen (secondary N) is 2. The zero-order valence-electron chi connectivity index (χ0n) is 7.39. The van der Waals surface area contributed by atoms with Gasteiger partial charge in [0.25, 0.3) is 0 Å². The van der Waals surface area contributed by atoms with Crippen LogP contribution in [0.2, 0.25) is 15.1 Å². The third-order valence-electron chi connectivity index (χ3n) is 1.40. The van der Waals surface area contributed by atoms with E-state index in [1.54, 1.807) is 12.1 Å². The minimum Gasteiger partial charge on any atom is -0.369 e. The van der Waals surface area contributed by atoms with Crippen molar-refractivity contribution in [3.8, 4) is 0 Å². The summed E-state index contributed by atoms with van der Waals surface area (Å²) in [5.41, 5.74) is 7.94. The first-order chi connectivity index (χ1) is 7.00. The second-order valence-corrected chi connectivity index (χ2v) is 3.77. The summed E-state index contributed by atoms with van der Waals surface area (Å²) in [6, 6.07) is 3.20. The van der Waals surface area contributed by atoms with Crippen molar-refractivity contribution in [2.75, 3.05) is 0 Å². The lowest BCUT2D eigenvalue weighted by Gasteiger charge is -2.00. The summed E-state index contributed by atoms with van der Waals surface area (Å²) in [5, 5.41) is 11.5. The summed E-state index contributed by atoms with van der Waals surface area (Å²) in [4.78, 5) is 0. The van der Waals surface area contributed by atoms with Crippen molar-refractivity contribution in [3.63, 3.8) is 0 Å². The van der Waals surface area contributed by atoms with Crippen LogP contribution in [-0.4, -0.2) is 12.2 Å². The van der Waals surface area contributed by atoms with Crippen molar-refractivity contribution in [1.82, 2.24) is 5.43 Å². The fourth-order valence-corrected chi connectivity index (χ4v) is 1.44. The maximum absolute atomic E-state index is 6.86. The van der Waals surface area contributed by atoms with Crippen molar-refractivity contribution in [2.45, 2.75) is 0 Å². The summed E-state index contributed by atoms with van der Waals surface area (Å²) >= 11 is 17.3. The topological polar surface area (TPSA) is 74.3 Å². The molecule has 4 N–H and O–H groups in total. The highest BCUT2D eigenvalue weighted by Gasteiger charge is 2.04. The molecule has 0 saturated carbocycles. The number of nitrogens with zero attached hydrogens (tertiary/aromatic N) is 1. The minimum atomic E-state index is -0.252. The van der Waals surface area contributed by atoms with Gasteiger partial charge in [0.05, 0.1) is 21.3 Å². The van der Waals surface area contributed by atoms with Gasteiger partial charge in [0.1, 0.15) is 0 Å². The number of hydrazone groups is 1. The molecule has 0 unspecified atom stereocenters. The van der Waals surface area contributed by atoms with Crippen molar-refractivity contribution in [3.05, 3.63) is 32.8 Å². The van der Waals surface area contributed by atoms with E-state index in [2.05, 4.69) is 10.5 Å². The minimum absolute atomic E-state index is 0.252. The lowest BCUT2D eigenvalue weighted by molar-refractivity contribution is 1.00. The molecule has 0 aliphatic carbocycles. The van der Waals surface area contributed by atoms with Crippen LogP contribution in [-0.2, 0) is 0 Å². The Hall–Kier alpha value is -0.970. The molecule has 0 bridgehead atoms. The van der Waals surface area contributed by atoms with Crippen LogP contribution in [0.3, 0.4) is 0 Å². The number of benzene rings is 1. The maximum Gasteiger partial charge on any atom is 0.206 e. The molecule has 0 aliphatic rings. The Morgan fingerprint density at radius 1 is 1.33 bits per heavy atom. The molecule has 15 heavy (non-hydrogen) atoms. The largest absolute Gasteiger partial charge is 0.369 e. The van der Waals surface area contributed by atoms with E-state index in [4.69, 9.17) is 45.9 Å². The second-order valence-electron chi connectivity index (χ2n) is 2.58. The summed E-state index contributed by atoms with van der Waals surface area (Å²) in [5.74, 6) is -0.252. The van der Waals surface area contributed by atoms with E-state index < -0.39 is 0 Å². The highest BCUT2D eigenvalue weighted by molar-refractivity contribution is 6.48. The molecular weight excluding hydrogens is 258 g/mol. The molecule has 4 nitrogen and oxygen atoms in total. The highest BCUT2D eigenvalue weighted by atomic mass is 35.5. The van der Waals surface area contributed by atoms with Gasteiger partial charge >= 0.3 is 0 Å². The summed E-state index contributed by atoms with van der Waals surface area (Å²) in [6.07, 6.45) is 1.43. The molecule has 0 aliphatic heterocycles. The molecule has 7 heteroatoms. The molecule has 0 aromatic heterocycles. The first kappa shape index (κ1) is 12.1. The van der Waals surface area contributed by atoms with Gasteiger partial charge in [-0.15, -0.1) is 0 Å². The standard InChI is InChI=1S/C8H7Cl3N4/c9-5-1-4(2-6(10)7(5)11)3-14-15-8(12)13/h1-3H,(H4,12,13,15)/b14-3+. The quantitative estimate of drug-likeness (QED) is 0.332. The molecule has 1 aromatic carbocycles. The van der Waals surface area contributed by atoms with Crippen LogP contribution in [0.15, 0.2) is 17.2 Å². The summed E-state index contributed by atoms with van der Waals surface area (Å²) < 4.78 is 0. The second kappa shape index (κ2) is 5.21. The van der Waals surface area contributed by atoms with Crippen molar-refractivity contribution < 1.29 is 0 Å². The van der Waals surface area contributed by atoms with Crippen LogP contribution >= 0.6 is 34.8 Å². The number of halogens is 3. The summed E-state index contributed by atoms with van der Waals surface area (Å²) in [7, 11) is 0. The van der Waals surface area contributed by atoms with Gasteiger partial charge in [0, 0.05) is 0 Å². The Balaban J connectivity index is 2.87. The third-order valence-corrected chi connectivity index (χ3v) is 2.60. The van der Waals surface area contributed by atoms with Gasteiger partial charge < -0.3 is 5.73 Å². The molecule has 0 fully saturated rings. The number of rotatable bonds is 2. The lowest BCUT2D eigenvalue weighted by atomic mass is 10.2. The van der Waals surface area contributed by atoms with E-state index in [-0.39, 0.29) is 5.96 Å². The number of nitrogens with two attached hydrogens (primary N) is 1. The molecule has 80 valence electrons. The molecule has 1 aromatic rings. The third kappa shape index (κ3) is 3.58. The van der Waals surface area contributed by atoms with Crippen LogP contribution in [0.25, 0.3) is 0 Å². The molecular formula is C8H7Cl3N4. The molecule has 0 amide bonds. The predicted molar refractivity (Wildman–Crippen MR) is 64.1 cm³/mol. The fraction of sp³-hybridized carbons (Fsp3) is 0. The van der Waals surface area contributed by atoms with E-state index in [1.165, 1.54) is 6.21 Å². The Kier molecular flexibility index (Phi) is 4.20. The van der Waals surface area contributed by atoms with E-state index in [1.807, 2.05) is 0 Å². The van der Waals surface area contributed by atoms with E-state index >= 15 is 0 Å². The predicted octanol–water partition coefficient (Wildman–Crippen LogP) is 2.46. The molecule has 0 atom stereocenters. The van der Waals surface area contributed by atoms with Crippen molar-refractivity contribution in [2.24, 2.45) is 10.8 Å². The van der Waals surface area contributed by atoms with Gasteiger partial charge in [0.2, 0.25) is 5.96 Å². The van der Waals surface area contributed by atoms with Gasteiger partial charge in [-0.25, -0.2) is 5.43 Å². The van der Waals surface area contributed by atoms with Gasteiger partial charge in [-0.1, -0.05) is 34.8 Å². The number of hydrogen-bond donors (Lipinski definition) is 3. The SMILES string of the molecule is N=C(N)N/N=C/c1cc(Cl)c(Cl)c(Cl)c1. The van der Waals surface area contributed by atoms with Crippen LogP contribution < -0.4 is 11.2 Å². The normalized spacial score (nSPS) is 10.6. The van der Waals surface area contributed by atoms with Crippen molar-refractivity contribution in [1.29, 1.82) is 5.41 Å². The van der Waals surface area contributed by atoms with E-state index in [0.29, 0.717) is 20.6 Å².